The standard InChI is InChI=1S/C12H9N3/c1-2-9-3-4-12-11(7-14-8-15-12)10(9)6-13-5-1/h1-8H,(H,14,15). The molecule has 0 fully saturated rings. The maximum atomic E-state index is 4.27. The summed E-state index contributed by atoms with van der Waals surface area (Å²) >= 11 is 0. The molecule has 15 heavy (non-hydrogen) atoms. The first-order valence-corrected chi connectivity index (χ1v) is 4.77. The maximum Gasteiger partial charge on any atom is 0.0926 e. The van der Waals surface area contributed by atoms with Gasteiger partial charge in [-0.25, -0.2) is 4.99 Å². The Bertz CT molecular complexity index is 606. The van der Waals surface area contributed by atoms with Gasteiger partial charge in [-0.1, -0.05) is 12.1 Å². The predicted molar refractivity (Wildman–Crippen MR) is 63.4 cm³/mol. The maximum absolute atomic E-state index is 4.27. The molecule has 2 heterocycles. The molecule has 0 spiro atoms. The molecule has 0 aromatic heterocycles. The number of allylic oxidation sites excluding steroid dienone is 1. The van der Waals surface area contributed by atoms with E-state index < -0.39 is 0 Å². The molecule has 1 aromatic carbocycles. The molecule has 2 aliphatic heterocycles. The summed E-state index contributed by atoms with van der Waals surface area (Å²) in [6.07, 6.45) is 11.3. The molecule has 0 amide bonds. The highest BCUT2D eigenvalue weighted by molar-refractivity contribution is 5.82. The third kappa shape index (κ3) is 1.29. The molecule has 3 rings (SSSR count). The van der Waals surface area contributed by atoms with Crippen LogP contribution in [0.2, 0.25) is 0 Å². The van der Waals surface area contributed by atoms with Gasteiger partial charge in [0.05, 0.1) is 12.0 Å². The molecule has 3 heteroatoms. The van der Waals surface area contributed by atoms with Crippen LogP contribution in [0, 0.1) is 0 Å². The van der Waals surface area contributed by atoms with Crippen molar-refractivity contribution < 1.29 is 0 Å². The van der Waals surface area contributed by atoms with E-state index in [1.54, 1.807) is 12.6 Å². The van der Waals surface area contributed by atoms with Crippen molar-refractivity contribution in [2.45, 2.75) is 0 Å². The van der Waals surface area contributed by atoms with Crippen LogP contribution in [0.1, 0.15) is 5.56 Å². The van der Waals surface area contributed by atoms with Gasteiger partial charge in [0.15, 0.2) is 0 Å². The van der Waals surface area contributed by atoms with Crippen LogP contribution in [-0.2, 0) is 0 Å². The smallest absolute Gasteiger partial charge is 0.0926 e. The molecule has 1 N–H and O–H groups in total. The fraction of sp³-hybridized carbons (Fsp3) is 0. The van der Waals surface area contributed by atoms with Gasteiger partial charge >= 0.3 is 0 Å². The summed E-state index contributed by atoms with van der Waals surface area (Å²) in [7, 11) is 0. The van der Waals surface area contributed by atoms with Gasteiger partial charge in [-0.3, -0.25) is 4.99 Å². The first-order chi connectivity index (χ1) is 7.45. The van der Waals surface area contributed by atoms with Crippen molar-refractivity contribution in [1.29, 1.82) is 0 Å². The Kier molecular flexibility index (Phi) is 1.75. The highest BCUT2D eigenvalue weighted by Gasteiger charge is 2.02. The fourth-order valence-electron chi connectivity index (χ4n) is 1.74. The van der Waals surface area contributed by atoms with Crippen LogP contribution in [0.5, 0.6) is 0 Å². The van der Waals surface area contributed by atoms with Crippen molar-refractivity contribution in [1.82, 2.24) is 5.32 Å². The minimum Gasteiger partial charge on any atom is -0.352 e. The van der Waals surface area contributed by atoms with Crippen LogP contribution in [-0.4, -0.2) is 12.6 Å². The van der Waals surface area contributed by atoms with Crippen LogP contribution in [0.4, 0.5) is 5.69 Å². The molecule has 3 nitrogen and oxygen atoms in total. The zero-order valence-corrected chi connectivity index (χ0v) is 8.01. The third-order valence-corrected chi connectivity index (χ3v) is 2.46. The van der Waals surface area contributed by atoms with Crippen LogP contribution in [0.15, 0.2) is 28.2 Å². The number of aliphatic imine (C=N–C) groups is 2. The lowest BCUT2D eigenvalue weighted by atomic mass is 10.1. The number of nitrogens with one attached hydrogen (secondary N) is 1. The van der Waals surface area contributed by atoms with E-state index in [4.69, 9.17) is 0 Å². The zero-order valence-electron chi connectivity index (χ0n) is 8.01. The van der Waals surface area contributed by atoms with Gasteiger partial charge < -0.3 is 5.32 Å². The number of nitrogens with zero attached hydrogens (tertiary/aromatic N) is 2. The summed E-state index contributed by atoms with van der Waals surface area (Å²) in [5.41, 5.74) is 2.15. The summed E-state index contributed by atoms with van der Waals surface area (Å²) in [6.45, 7) is 0. The van der Waals surface area contributed by atoms with Crippen molar-refractivity contribution in [3.05, 3.63) is 34.2 Å². The molecule has 1 aromatic rings. The van der Waals surface area contributed by atoms with Gasteiger partial charge in [0.25, 0.3) is 0 Å². The summed E-state index contributed by atoms with van der Waals surface area (Å²) < 4.78 is 0. The predicted octanol–water partition coefficient (Wildman–Crippen LogP) is 0.523. The van der Waals surface area contributed by atoms with Crippen LogP contribution in [0.25, 0.3) is 18.5 Å². The normalized spacial score (nSPS) is 15.5. The van der Waals surface area contributed by atoms with Gasteiger partial charge in [-0.2, -0.15) is 0 Å². The average molecular weight is 195 g/mol. The minimum atomic E-state index is 0.981. The highest BCUT2D eigenvalue weighted by atomic mass is 14.9. The molecule has 0 saturated carbocycles. The SMILES string of the molecule is C1=Cc2ccc3c(c2=CN=C1)=CNC=N3. The number of benzene rings is 1. The van der Waals surface area contributed by atoms with E-state index in [0.717, 1.165) is 16.1 Å². The first kappa shape index (κ1) is 8.17. The van der Waals surface area contributed by atoms with E-state index in [9.17, 15) is 0 Å². The van der Waals surface area contributed by atoms with E-state index in [1.807, 2.05) is 24.5 Å². The number of fused-ring (bicyclic) bond motifs is 3. The fourth-order valence-corrected chi connectivity index (χ4v) is 1.74. The number of rotatable bonds is 0. The van der Waals surface area contributed by atoms with Gasteiger partial charge in [-0.15, -0.1) is 0 Å². The molecular formula is C12H9N3. The van der Waals surface area contributed by atoms with Crippen molar-refractivity contribution in [3.63, 3.8) is 0 Å². The Morgan fingerprint density at radius 3 is 3.13 bits per heavy atom. The number of hydrogen-bond acceptors (Lipinski definition) is 3. The summed E-state index contributed by atoms with van der Waals surface area (Å²) in [4.78, 5) is 8.45. The largest absolute Gasteiger partial charge is 0.352 e. The number of hydrogen-bond donors (Lipinski definition) is 1. The monoisotopic (exact) mass is 195 g/mol. The van der Waals surface area contributed by atoms with E-state index >= 15 is 0 Å². The minimum absolute atomic E-state index is 0.981. The van der Waals surface area contributed by atoms with Crippen LogP contribution >= 0.6 is 0 Å². The molecule has 0 saturated heterocycles. The Labute approximate surface area is 86.9 Å². The van der Waals surface area contributed by atoms with Crippen molar-refractivity contribution in [3.8, 4) is 0 Å². The van der Waals surface area contributed by atoms with Gasteiger partial charge in [0.1, 0.15) is 0 Å². The summed E-state index contributed by atoms with van der Waals surface area (Å²) in [6, 6.07) is 4.08. The molecule has 2 aliphatic rings. The van der Waals surface area contributed by atoms with Crippen molar-refractivity contribution >= 4 is 36.7 Å². The van der Waals surface area contributed by atoms with E-state index in [2.05, 4.69) is 27.4 Å². The quantitative estimate of drug-likeness (QED) is 0.644. The van der Waals surface area contributed by atoms with E-state index in [1.165, 1.54) is 5.56 Å². The zero-order chi connectivity index (χ0) is 10.1. The second-order valence-corrected chi connectivity index (χ2v) is 3.36. The second kappa shape index (κ2) is 3.20. The summed E-state index contributed by atoms with van der Waals surface area (Å²) in [5.74, 6) is 0. The summed E-state index contributed by atoms with van der Waals surface area (Å²) in [5, 5.41) is 5.21. The van der Waals surface area contributed by atoms with E-state index in [-0.39, 0.29) is 0 Å². The van der Waals surface area contributed by atoms with Crippen LogP contribution < -0.4 is 15.8 Å². The van der Waals surface area contributed by atoms with Gasteiger partial charge in [0, 0.05) is 29.1 Å². The Morgan fingerprint density at radius 1 is 1.13 bits per heavy atom. The molecule has 0 atom stereocenters. The van der Waals surface area contributed by atoms with Crippen LogP contribution in [0.3, 0.4) is 0 Å². The molecule has 72 valence electrons. The second-order valence-electron chi connectivity index (χ2n) is 3.36. The van der Waals surface area contributed by atoms with Crippen molar-refractivity contribution in [2.24, 2.45) is 9.98 Å². The molecular weight excluding hydrogens is 186 g/mol. The Morgan fingerprint density at radius 2 is 2.13 bits per heavy atom. The molecule has 0 bridgehead atoms. The Hall–Kier alpha value is -2.16. The van der Waals surface area contributed by atoms with E-state index in [0.29, 0.717) is 0 Å². The average Bonchev–Trinajstić information content (AvgIpc) is 2.54. The van der Waals surface area contributed by atoms with Gasteiger partial charge in [0.2, 0.25) is 0 Å². The lowest BCUT2D eigenvalue weighted by Gasteiger charge is -2.05. The Balaban J connectivity index is 2.46. The lowest BCUT2D eigenvalue weighted by Crippen LogP contribution is -2.31. The third-order valence-electron chi connectivity index (χ3n) is 2.46. The van der Waals surface area contributed by atoms with Gasteiger partial charge in [-0.05, 0) is 17.7 Å². The molecule has 0 radical (unpaired) electrons. The first-order valence-electron chi connectivity index (χ1n) is 4.77. The van der Waals surface area contributed by atoms with Crippen molar-refractivity contribution in [2.75, 3.05) is 0 Å². The topological polar surface area (TPSA) is 36.8 Å². The highest BCUT2D eigenvalue weighted by Crippen LogP contribution is 2.06. The molecule has 0 aliphatic carbocycles. The molecule has 0 unspecified atom stereocenters. The lowest BCUT2D eigenvalue weighted by molar-refractivity contribution is 1.29.